The monoisotopic (exact) mass is 289 g/mol. The molecule has 2 bridgehead atoms. The van der Waals surface area contributed by atoms with Crippen LogP contribution in [-0.2, 0) is 11.8 Å². The average molecular weight is 289 g/mol. The van der Waals surface area contributed by atoms with Gasteiger partial charge in [-0.25, -0.2) is 4.39 Å². The zero-order valence-corrected chi connectivity index (χ0v) is 10.7. The lowest BCUT2D eigenvalue weighted by atomic mass is 9.79. The summed E-state index contributed by atoms with van der Waals surface area (Å²) in [5.74, 6) is -1.32. The van der Waals surface area contributed by atoms with Crippen LogP contribution in [0, 0.1) is 5.82 Å². The minimum atomic E-state index is -4.81. The van der Waals surface area contributed by atoms with Crippen molar-refractivity contribution in [3.05, 3.63) is 35.1 Å². The molecule has 2 fully saturated rings. The van der Waals surface area contributed by atoms with E-state index < -0.39 is 23.2 Å². The Morgan fingerprint density at radius 3 is 2.30 bits per heavy atom. The highest BCUT2D eigenvalue weighted by Gasteiger charge is 2.48. The van der Waals surface area contributed by atoms with Crippen molar-refractivity contribution < 1.29 is 22.7 Å². The van der Waals surface area contributed by atoms with Gasteiger partial charge in [-0.15, -0.1) is 0 Å². The van der Waals surface area contributed by atoms with Crippen molar-refractivity contribution in [2.75, 3.05) is 0 Å². The summed E-state index contributed by atoms with van der Waals surface area (Å²) in [7, 11) is 0. The zero-order chi connectivity index (χ0) is 14.5. The highest BCUT2D eigenvalue weighted by molar-refractivity contribution is 5.37. The lowest BCUT2D eigenvalue weighted by Gasteiger charge is -2.38. The second-order valence-corrected chi connectivity index (χ2v) is 5.74. The zero-order valence-electron chi connectivity index (χ0n) is 10.7. The number of hydrogen-bond acceptors (Lipinski definition) is 2. The minimum Gasteiger partial charge on any atom is -0.385 e. The predicted octanol–water partition coefficient (Wildman–Crippen LogP) is 2.95. The molecule has 0 spiro atoms. The number of fused-ring (bicyclic) bond motifs is 2. The maximum absolute atomic E-state index is 13.6. The van der Waals surface area contributed by atoms with Crippen molar-refractivity contribution in [3.8, 4) is 0 Å². The number of piperidine rings is 1. The van der Waals surface area contributed by atoms with Gasteiger partial charge in [-0.05, 0) is 37.3 Å². The summed E-state index contributed by atoms with van der Waals surface area (Å²) < 4.78 is 52.9. The Labute approximate surface area is 113 Å². The second-order valence-electron chi connectivity index (χ2n) is 5.74. The second kappa shape index (κ2) is 4.43. The number of alkyl halides is 3. The van der Waals surface area contributed by atoms with Crippen molar-refractivity contribution in [3.63, 3.8) is 0 Å². The Morgan fingerprint density at radius 1 is 1.15 bits per heavy atom. The molecule has 0 aromatic heterocycles. The molecule has 2 aliphatic rings. The van der Waals surface area contributed by atoms with E-state index in [1.165, 1.54) is 12.1 Å². The molecule has 2 N–H and O–H groups in total. The van der Waals surface area contributed by atoms with Gasteiger partial charge in [0, 0.05) is 12.1 Å². The first-order valence-electron chi connectivity index (χ1n) is 6.64. The third kappa shape index (κ3) is 2.20. The van der Waals surface area contributed by atoms with Crippen LogP contribution in [0.4, 0.5) is 17.6 Å². The largest absolute Gasteiger partial charge is 0.419 e. The third-order valence-corrected chi connectivity index (χ3v) is 4.30. The molecule has 6 heteroatoms. The molecule has 2 nitrogen and oxygen atoms in total. The van der Waals surface area contributed by atoms with Gasteiger partial charge in [-0.2, -0.15) is 13.2 Å². The van der Waals surface area contributed by atoms with Gasteiger partial charge in [0.15, 0.2) is 0 Å². The SMILES string of the molecule is OC1(c2cccc(F)c2C(F)(F)F)CC2CCC(C1)N2. The number of rotatable bonds is 1. The van der Waals surface area contributed by atoms with Crippen LogP contribution in [0.3, 0.4) is 0 Å². The molecule has 0 amide bonds. The molecule has 2 saturated heterocycles. The van der Waals surface area contributed by atoms with Crippen LogP contribution in [-0.4, -0.2) is 17.2 Å². The van der Waals surface area contributed by atoms with Crippen molar-refractivity contribution in [1.82, 2.24) is 5.32 Å². The van der Waals surface area contributed by atoms with E-state index in [1.807, 2.05) is 0 Å². The fourth-order valence-corrected chi connectivity index (χ4v) is 3.54. The van der Waals surface area contributed by atoms with Gasteiger partial charge in [0.05, 0.1) is 11.2 Å². The van der Waals surface area contributed by atoms with Gasteiger partial charge >= 0.3 is 6.18 Å². The van der Waals surface area contributed by atoms with Crippen LogP contribution in [0.2, 0.25) is 0 Å². The minimum absolute atomic E-state index is 0.00287. The topological polar surface area (TPSA) is 32.3 Å². The number of halogens is 4. The molecule has 1 aromatic rings. The van der Waals surface area contributed by atoms with Crippen molar-refractivity contribution in [2.45, 2.75) is 49.5 Å². The van der Waals surface area contributed by atoms with Crippen molar-refractivity contribution in [2.24, 2.45) is 0 Å². The first kappa shape index (κ1) is 13.8. The summed E-state index contributed by atoms with van der Waals surface area (Å²) >= 11 is 0. The highest BCUT2D eigenvalue weighted by Crippen LogP contribution is 2.45. The highest BCUT2D eigenvalue weighted by atomic mass is 19.4. The third-order valence-electron chi connectivity index (χ3n) is 4.30. The van der Waals surface area contributed by atoms with Gasteiger partial charge in [0.2, 0.25) is 0 Å². The van der Waals surface area contributed by atoms with E-state index in [1.54, 1.807) is 0 Å². The van der Waals surface area contributed by atoms with Crippen LogP contribution in [0.15, 0.2) is 18.2 Å². The molecule has 2 heterocycles. The molecule has 110 valence electrons. The van der Waals surface area contributed by atoms with E-state index in [0.29, 0.717) is 0 Å². The molecule has 3 rings (SSSR count). The lowest BCUT2D eigenvalue weighted by molar-refractivity contribution is -0.144. The van der Waals surface area contributed by atoms with Gasteiger partial charge in [-0.1, -0.05) is 12.1 Å². The Kier molecular flexibility index (Phi) is 3.06. The first-order valence-corrected chi connectivity index (χ1v) is 6.64. The summed E-state index contributed by atoms with van der Waals surface area (Å²) in [4.78, 5) is 0. The normalized spacial score (nSPS) is 33.5. The van der Waals surface area contributed by atoms with E-state index in [0.717, 1.165) is 18.9 Å². The van der Waals surface area contributed by atoms with Gasteiger partial charge in [0.1, 0.15) is 5.82 Å². The van der Waals surface area contributed by atoms with E-state index >= 15 is 0 Å². The Morgan fingerprint density at radius 2 is 1.75 bits per heavy atom. The molecule has 2 atom stereocenters. The molecule has 0 saturated carbocycles. The summed E-state index contributed by atoms with van der Waals surface area (Å²) in [6.45, 7) is 0. The Balaban J connectivity index is 2.08. The molecular weight excluding hydrogens is 274 g/mol. The smallest absolute Gasteiger partial charge is 0.385 e. The Hall–Kier alpha value is -1.14. The number of aliphatic hydroxyl groups is 1. The fourth-order valence-electron chi connectivity index (χ4n) is 3.54. The van der Waals surface area contributed by atoms with Gasteiger partial charge < -0.3 is 10.4 Å². The van der Waals surface area contributed by atoms with Crippen LogP contribution < -0.4 is 5.32 Å². The first-order chi connectivity index (χ1) is 9.29. The summed E-state index contributed by atoms with van der Waals surface area (Å²) in [5.41, 5.74) is -3.27. The maximum atomic E-state index is 13.6. The van der Waals surface area contributed by atoms with Crippen LogP contribution in [0.25, 0.3) is 0 Å². The van der Waals surface area contributed by atoms with Gasteiger partial charge in [0.25, 0.3) is 0 Å². The van der Waals surface area contributed by atoms with E-state index in [2.05, 4.69) is 5.32 Å². The number of hydrogen-bond donors (Lipinski definition) is 2. The summed E-state index contributed by atoms with van der Waals surface area (Å²) in [5, 5.41) is 13.9. The summed E-state index contributed by atoms with van der Waals surface area (Å²) in [6.07, 6.45) is -2.75. The molecule has 20 heavy (non-hydrogen) atoms. The fraction of sp³-hybridized carbons (Fsp3) is 0.571. The van der Waals surface area contributed by atoms with E-state index in [4.69, 9.17) is 0 Å². The average Bonchev–Trinajstić information content (AvgIpc) is 2.67. The van der Waals surface area contributed by atoms with Crippen molar-refractivity contribution in [1.29, 1.82) is 0 Å². The quantitative estimate of drug-likeness (QED) is 0.779. The van der Waals surface area contributed by atoms with Crippen LogP contribution in [0.5, 0.6) is 0 Å². The van der Waals surface area contributed by atoms with Gasteiger partial charge in [-0.3, -0.25) is 0 Å². The molecule has 1 aromatic carbocycles. The van der Waals surface area contributed by atoms with E-state index in [-0.39, 0.29) is 30.5 Å². The van der Waals surface area contributed by atoms with Crippen molar-refractivity contribution >= 4 is 0 Å². The molecule has 2 unspecified atom stereocenters. The van der Waals surface area contributed by atoms with E-state index in [9.17, 15) is 22.7 Å². The molecular formula is C14H15F4NO. The standard InChI is InChI=1S/C14H15F4NO/c15-11-3-1-2-10(12(11)14(16,17)18)13(20)6-8-4-5-9(7-13)19-8/h1-3,8-9,19-20H,4-7H2. The molecule has 0 radical (unpaired) electrons. The maximum Gasteiger partial charge on any atom is 0.419 e. The van der Waals surface area contributed by atoms with Crippen LogP contribution >= 0.6 is 0 Å². The predicted molar refractivity (Wildman–Crippen MR) is 64.5 cm³/mol. The number of nitrogens with one attached hydrogen (secondary N) is 1. The molecule has 2 aliphatic heterocycles. The summed E-state index contributed by atoms with van der Waals surface area (Å²) in [6, 6.07) is 3.20. The number of benzene rings is 1. The lowest BCUT2D eigenvalue weighted by Crippen LogP contribution is -2.47. The Bertz CT molecular complexity index is 516. The molecule has 0 aliphatic carbocycles. The van der Waals surface area contributed by atoms with Crippen LogP contribution in [0.1, 0.15) is 36.8 Å².